The largest absolute Gasteiger partial charge is 0.321 e. The predicted octanol–water partition coefficient (Wildman–Crippen LogP) is 5.97. The molecule has 0 fully saturated rings. The van der Waals surface area contributed by atoms with E-state index in [1.165, 1.54) is 11.8 Å². The van der Waals surface area contributed by atoms with Crippen LogP contribution in [0, 0.1) is 13.8 Å². The lowest BCUT2D eigenvalue weighted by Crippen LogP contribution is -2.38. The molecule has 0 amide bonds. The molecule has 0 saturated carbocycles. The molecular formula is C24H31N5S2. The van der Waals surface area contributed by atoms with Crippen molar-refractivity contribution in [1.82, 2.24) is 4.72 Å². The van der Waals surface area contributed by atoms with Crippen molar-refractivity contribution < 1.29 is 0 Å². The van der Waals surface area contributed by atoms with Crippen LogP contribution in [0.1, 0.15) is 35.9 Å². The Bertz CT molecular complexity index is 949. The standard InChI is InChI=1S/C22H25N5S2.C2H6/c1-16-13-14-17(2)20(15-16)27(24)22(25-23)28-21(18-9-5-3-6-10-18)26-29-19-11-7-4-8-12-19;1-2/h3-15,21,26H,23-24H2,1-2H3;1-2H3/b25-22+;. The number of hydrazine groups is 1. The molecule has 0 heterocycles. The smallest absolute Gasteiger partial charge is 0.203 e. The Kier molecular flexibility index (Phi) is 10.5. The van der Waals surface area contributed by atoms with E-state index in [0.29, 0.717) is 5.17 Å². The number of nitrogens with one attached hydrogen (secondary N) is 1. The summed E-state index contributed by atoms with van der Waals surface area (Å²) in [4.78, 5) is 1.12. The van der Waals surface area contributed by atoms with E-state index in [4.69, 9.17) is 11.7 Å². The Morgan fingerprint density at radius 2 is 1.55 bits per heavy atom. The van der Waals surface area contributed by atoms with Crippen LogP contribution >= 0.6 is 23.7 Å². The lowest BCUT2D eigenvalue weighted by Gasteiger charge is -2.25. The van der Waals surface area contributed by atoms with Crippen LogP contribution in [0.4, 0.5) is 5.69 Å². The first-order valence-corrected chi connectivity index (χ1v) is 11.9. The Morgan fingerprint density at radius 1 is 0.935 bits per heavy atom. The second-order valence-corrected chi connectivity index (χ2v) is 8.50. The van der Waals surface area contributed by atoms with Crippen LogP contribution in [0.2, 0.25) is 0 Å². The first kappa shape index (κ1) is 24.8. The van der Waals surface area contributed by atoms with Crippen molar-refractivity contribution in [2.24, 2.45) is 16.8 Å². The Balaban J connectivity index is 0.00000166. The molecule has 31 heavy (non-hydrogen) atoms. The molecule has 3 aromatic rings. The van der Waals surface area contributed by atoms with Gasteiger partial charge in [0.05, 0.1) is 11.1 Å². The van der Waals surface area contributed by atoms with Crippen molar-refractivity contribution in [1.29, 1.82) is 0 Å². The molecule has 0 aromatic heterocycles. The molecule has 0 radical (unpaired) electrons. The summed E-state index contributed by atoms with van der Waals surface area (Å²) in [5.74, 6) is 12.2. The number of nitrogens with two attached hydrogens (primary N) is 2. The molecule has 3 aromatic carbocycles. The van der Waals surface area contributed by atoms with E-state index >= 15 is 0 Å². The number of anilines is 1. The maximum Gasteiger partial charge on any atom is 0.203 e. The third kappa shape index (κ3) is 7.33. The van der Waals surface area contributed by atoms with E-state index in [0.717, 1.165) is 27.3 Å². The number of benzene rings is 3. The van der Waals surface area contributed by atoms with E-state index in [9.17, 15) is 0 Å². The van der Waals surface area contributed by atoms with Gasteiger partial charge in [-0.15, -0.1) is 0 Å². The molecule has 1 atom stereocenters. The van der Waals surface area contributed by atoms with Crippen LogP contribution < -0.4 is 21.4 Å². The van der Waals surface area contributed by atoms with Crippen LogP contribution in [0.15, 0.2) is 88.9 Å². The fraction of sp³-hybridized carbons (Fsp3) is 0.208. The number of amidine groups is 1. The molecule has 0 aliphatic rings. The summed E-state index contributed by atoms with van der Waals surface area (Å²) < 4.78 is 3.51. The van der Waals surface area contributed by atoms with Gasteiger partial charge in [-0.05, 0) is 60.7 Å². The molecule has 3 rings (SSSR count). The Morgan fingerprint density at radius 3 is 2.16 bits per heavy atom. The van der Waals surface area contributed by atoms with Gasteiger partial charge in [0.1, 0.15) is 0 Å². The summed E-state index contributed by atoms with van der Waals surface area (Å²) >= 11 is 3.04. The zero-order valence-corrected chi connectivity index (χ0v) is 20.1. The fourth-order valence-corrected chi connectivity index (χ4v) is 4.52. The van der Waals surface area contributed by atoms with Gasteiger partial charge in [0.2, 0.25) is 5.17 Å². The van der Waals surface area contributed by atoms with Gasteiger partial charge in [0.15, 0.2) is 0 Å². The van der Waals surface area contributed by atoms with Crippen molar-refractivity contribution in [3.8, 4) is 0 Å². The third-order valence-electron chi connectivity index (χ3n) is 4.29. The van der Waals surface area contributed by atoms with Crippen LogP contribution in [-0.4, -0.2) is 5.17 Å². The number of nitrogens with zero attached hydrogens (tertiary/aromatic N) is 2. The lowest BCUT2D eigenvalue weighted by atomic mass is 10.1. The summed E-state index contributed by atoms with van der Waals surface area (Å²) in [6.45, 7) is 8.06. The average Bonchev–Trinajstić information content (AvgIpc) is 2.83. The van der Waals surface area contributed by atoms with Crippen molar-refractivity contribution >= 4 is 34.6 Å². The normalized spacial score (nSPS) is 12.0. The first-order chi connectivity index (χ1) is 15.1. The quantitative estimate of drug-likeness (QED) is 0.107. The minimum absolute atomic E-state index is 0.0973. The molecule has 0 saturated heterocycles. The summed E-state index contributed by atoms with van der Waals surface area (Å²) in [6, 6.07) is 26.5. The Labute approximate surface area is 194 Å². The second kappa shape index (κ2) is 13.1. The summed E-state index contributed by atoms with van der Waals surface area (Å²) in [6.07, 6.45) is 0. The van der Waals surface area contributed by atoms with E-state index in [1.54, 1.807) is 17.0 Å². The molecule has 164 valence electrons. The maximum absolute atomic E-state index is 6.42. The van der Waals surface area contributed by atoms with Crippen LogP contribution in [0.25, 0.3) is 0 Å². The van der Waals surface area contributed by atoms with Gasteiger partial charge in [-0.3, -0.25) is 5.01 Å². The van der Waals surface area contributed by atoms with Crippen molar-refractivity contribution in [2.75, 3.05) is 5.01 Å². The first-order valence-electron chi connectivity index (χ1n) is 10.2. The van der Waals surface area contributed by atoms with E-state index in [1.807, 2.05) is 76.2 Å². The predicted molar refractivity (Wildman–Crippen MR) is 138 cm³/mol. The van der Waals surface area contributed by atoms with Crippen LogP contribution in [-0.2, 0) is 0 Å². The topological polar surface area (TPSA) is 79.7 Å². The summed E-state index contributed by atoms with van der Waals surface area (Å²) in [7, 11) is 0. The minimum atomic E-state index is -0.0973. The van der Waals surface area contributed by atoms with Crippen LogP contribution in [0.5, 0.6) is 0 Å². The summed E-state index contributed by atoms with van der Waals surface area (Å²) in [5, 5.41) is 5.96. The highest BCUT2D eigenvalue weighted by Crippen LogP contribution is 2.33. The number of rotatable bonds is 6. The maximum atomic E-state index is 6.42. The second-order valence-electron chi connectivity index (χ2n) is 6.51. The van der Waals surface area contributed by atoms with Gasteiger partial charge >= 0.3 is 0 Å². The minimum Gasteiger partial charge on any atom is -0.321 e. The fourth-order valence-electron chi connectivity index (χ4n) is 2.73. The zero-order chi connectivity index (χ0) is 22.6. The molecule has 0 bridgehead atoms. The number of hydrogen-bond acceptors (Lipinski definition) is 6. The molecule has 5 nitrogen and oxygen atoms in total. The zero-order valence-electron chi connectivity index (χ0n) is 18.4. The number of hydrazone groups is 1. The van der Waals surface area contributed by atoms with Crippen molar-refractivity contribution in [3.63, 3.8) is 0 Å². The molecule has 0 spiro atoms. The van der Waals surface area contributed by atoms with Gasteiger partial charge < -0.3 is 5.84 Å². The molecular weight excluding hydrogens is 422 g/mol. The highest BCUT2D eigenvalue weighted by Gasteiger charge is 2.20. The van der Waals surface area contributed by atoms with Crippen LogP contribution in [0.3, 0.4) is 0 Å². The van der Waals surface area contributed by atoms with Crippen molar-refractivity contribution in [3.05, 3.63) is 95.6 Å². The van der Waals surface area contributed by atoms with Gasteiger partial charge in [-0.1, -0.05) is 86.3 Å². The van der Waals surface area contributed by atoms with Gasteiger partial charge in [-0.2, -0.15) is 5.10 Å². The molecule has 5 N–H and O–H groups in total. The molecule has 0 aliphatic heterocycles. The molecule has 7 heteroatoms. The average molecular weight is 454 g/mol. The lowest BCUT2D eigenvalue weighted by molar-refractivity contribution is 0.946. The van der Waals surface area contributed by atoms with Crippen molar-refractivity contribution in [2.45, 2.75) is 38.0 Å². The molecule has 0 aliphatic carbocycles. The third-order valence-corrected chi connectivity index (χ3v) is 6.44. The SMILES string of the molecule is CC.Cc1ccc(C)c(N(N)/C(=N\N)SC(NSc2ccccc2)c2ccccc2)c1. The molecule has 1 unspecified atom stereocenters. The highest BCUT2D eigenvalue weighted by atomic mass is 32.2. The summed E-state index contributed by atoms with van der Waals surface area (Å²) in [5.41, 5.74) is 4.17. The van der Waals surface area contributed by atoms with E-state index in [-0.39, 0.29) is 5.37 Å². The van der Waals surface area contributed by atoms with Gasteiger partial charge in [0, 0.05) is 4.90 Å². The number of hydrogen-bond donors (Lipinski definition) is 3. The monoisotopic (exact) mass is 453 g/mol. The van der Waals surface area contributed by atoms with Gasteiger partial charge in [0.25, 0.3) is 0 Å². The Hall–Kier alpha value is -2.45. The van der Waals surface area contributed by atoms with E-state index < -0.39 is 0 Å². The van der Waals surface area contributed by atoms with E-state index in [2.05, 4.69) is 40.2 Å². The number of aryl methyl sites for hydroxylation is 2. The van der Waals surface area contributed by atoms with Gasteiger partial charge in [-0.25, -0.2) is 10.6 Å². The number of thioether (sulfide) groups is 1. The highest BCUT2D eigenvalue weighted by molar-refractivity contribution is 8.14.